The highest BCUT2D eigenvalue weighted by atomic mass is 16.5. The summed E-state index contributed by atoms with van der Waals surface area (Å²) in [6.45, 7) is 0. The van der Waals surface area contributed by atoms with Crippen molar-refractivity contribution in [3.05, 3.63) is 65.7 Å². The molecule has 2 rings (SSSR count). The second-order valence-electron chi connectivity index (χ2n) is 5.23. The average molecular weight is 311 g/mol. The summed E-state index contributed by atoms with van der Waals surface area (Å²) >= 11 is 0. The van der Waals surface area contributed by atoms with Crippen LogP contribution in [0, 0.1) is 5.41 Å². The lowest BCUT2D eigenvalue weighted by molar-refractivity contribution is -0.113. The summed E-state index contributed by atoms with van der Waals surface area (Å²) in [5, 5.41) is 13.6. The van der Waals surface area contributed by atoms with Crippen molar-refractivity contribution in [1.82, 2.24) is 10.6 Å². The average Bonchev–Trinajstić information content (AvgIpc) is 2.61. The molecule has 2 aromatic rings. The second kappa shape index (κ2) is 7.45. The van der Waals surface area contributed by atoms with E-state index in [4.69, 9.17) is 10.1 Å². The van der Waals surface area contributed by atoms with Crippen molar-refractivity contribution < 1.29 is 9.53 Å². The molecule has 23 heavy (non-hydrogen) atoms. The summed E-state index contributed by atoms with van der Waals surface area (Å²) in [5.41, 5.74) is 0.725. The van der Waals surface area contributed by atoms with Gasteiger partial charge in [-0.15, -0.1) is 0 Å². The predicted octanol–water partition coefficient (Wildman–Crippen LogP) is 2.08. The third-order valence-corrected chi connectivity index (χ3v) is 3.71. The molecule has 0 aromatic heterocycles. The molecule has 1 unspecified atom stereocenters. The van der Waals surface area contributed by atoms with Crippen LogP contribution in [0.25, 0.3) is 0 Å². The number of methoxy groups -OCH3 is 1. The molecule has 1 atom stereocenters. The molecule has 0 saturated heterocycles. The number of carbonyl (C=O) groups excluding carboxylic acids is 1. The number of nitrogens with one attached hydrogen (secondary N) is 3. The Labute approximate surface area is 136 Å². The van der Waals surface area contributed by atoms with E-state index in [1.165, 1.54) is 0 Å². The van der Waals surface area contributed by atoms with Crippen LogP contribution in [-0.4, -0.2) is 26.4 Å². The Balaban J connectivity index is 2.43. The van der Waals surface area contributed by atoms with Crippen molar-refractivity contribution in [2.45, 2.75) is 12.0 Å². The number of ether oxygens (including phenoxy) is 1. The molecular weight excluding hydrogens is 290 g/mol. The zero-order valence-corrected chi connectivity index (χ0v) is 13.3. The first-order valence-electron chi connectivity index (χ1n) is 7.33. The van der Waals surface area contributed by atoms with Gasteiger partial charge in [-0.05, 0) is 23.3 Å². The lowest BCUT2D eigenvalue weighted by atomic mass is 9.85. The van der Waals surface area contributed by atoms with Gasteiger partial charge in [0.25, 0.3) is 0 Å². The van der Waals surface area contributed by atoms with Crippen LogP contribution in [0.1, 0.15) is 11.1 Å². The number of rotatable bonds is 6. The van der Waals surface area contributed by atoms with E-state index >= 15 is 0 Å². The molecule has 0 aliphatic carbocycles. The third-order valence-electron chi connectivity index (χ3n) is 3.71. The SMILES string of the molecule is CNC(=N)NC(C=O)(Cc1cccc(OC)c1)c1ccccc1. The van der Waals surface area contributed by atoms with Gasteiger partial charge in [-0.3, -0.25) is 5.41 Å². The molecule has 0 spiro atoms. The molecule has 0 bridgehead atoms. The fourth-order valence-electron chi connectivity index (χ4n) is 2.48. The smallest absolute Gasteiger partial charge is 0.189 e. The maximum absolute atomic E-state index is 12.0. The van der Waals surface area contributed by atoms with Gasteiger partial charge in [0.15, 0.2) is 5.96 Å². The Morgan fingerprint density at radius 2 is 1.96 bits per heavy atom. The zero-order valence-electron chi connectivity index (χ0n) is 13.3. The quantitative estimate of drug-likeness (QED) is 0.434. The van der Waals surface area contributed by atoms with Gasteiger partial charge in [0.05, 0.1) is 7.11 Å². The molecular formula is C18H21N3O2. The Morgan fingerprint density at radius 1 is 1.22 bits per heavy atom. The molecule has 120 valence electrons. The number of guanidine groups is 1. The van der Waals surface area contributed by atoms with Crippen LogP contribution in [0.5, 0.6) is 5.75 Å². The van der Waals surface area contributed by atoms with Crippen LogP contribution in [0.3, 0.4) is 0 Å². The van der Waals surface area contributed by atoms with Crippen molar-refractivity contribution in [2.75, 3.05) is 14.2 Å². The fraction of sp³-hybridized carbons (Fsp3) is 0.222. The molecule has 0 aliphatic rings. The second-order valence-corrected chi connectivity index (χ2v) is 5.23. The number of carbonyl (C=O) groups is 1. The summed E-state index contributed by atoms with van der Waals surface area (Å²) in [4.78, 5) is 12.0. The van der Waals surface area contributed by atoms with Crippen LogP contribution in [-0.2, 0) is 16.8 Å². The monoisotopic (exact) mass is 311 g/mol. The summed E-state index contributed by atoms with van der Waals surface area (Å²) in [6.07, 6.45) is 1.26. The van der Waals surface area contributed by atoms with E-state index < -0.39 is 5.54 Å². The first kappa shape index (κ1) is 16.5. The summed E-state index contributed by atoms with van der Waals surface area (Å²) < 4.78 is 5.25. The summed E-state index contributed by atoms with van der Waals surface area (Å²) in [5.74, 6) is 0.822. The first-order valence-corrected chi connectivity index (χ1v) is 7.33. The van der Waals surface area contributed by atoms with Crippen molar-refractivity contribution in [3.63, 3.8) is 0 Å². The predicted molar refractivity (Wildman–Crippen MR) is 90.8 cm³/mol. The Hall–Kier alpha value is -2.82. The maximum Gasteiger partial charge on any atom is 0.189 e. The van der Waals surface area contributed by atoms with Crippen molar-refractivity contribution in [3.8, 4) is 5.75 Å². The largest absolute Gasteiger partial charge is 0.497 e. The normalized spacial score (nSPS) is 12.8. The molecule has 5 heteroatoms. The molecule has 3 N–H and O–H groups in total. The highest BCUT2D eigenvalue weighted by Crippen LogP contribution is 2.25. The molecule has 0 radical (unpaired) electrons. The minimum absolute atomic E-state index is 0.0869. The van der Waals surface area contributed by atoms with E-state index in [-0.39, 0.29) is 5.96 Å². The van der Waals surface area contributed by atoms with E-state index in [1.54, 1.807) is 14.2 Å². The number of benzene rings is 2. The standard InChI is InChI=1S/C18H21N3O2/c1-20-17(19)21-18(13-22,15-8-4-3-5-9-15)12-14-7-6-10-16(11-14)23-2/h3-11,13H,12H2,1-2H3,(H3,19,20,21). The highest BCUT2D eigenvalue weighted by Gasteiger charge is 2.33. The van der Waals surface area contributed by atoms with Crippen molar-refractivity contribution in [2.24, 2.45) is 0 Å². The van der Waals surface area contributed by atoms with Crippen molar-refractivity contribution >= 4 is 12.2 Å². The van der Waals surface area contributed by atoms with E-state index in [0.29, 0.717) is 6.42 Å². The first-order chi connectivity index (χ1) is 11.1. The van der Waals surface area contributed by atoms with Crippen LogP contribution >= 0.6 is 0 Å². The fourth-order valence-corrected chi connectivity index (χ4v) is 2.48. The van der Waals surface area contributed by atoms with Gasteiger partial charge in [0.1, 0.15) is 17.6 Å². The van der Waals surface area contributed by atoms with Gasteiger partial charge in [0.2, 0.25) is 0 Å². The van der Waals surface area contributed by atoms with E-state index in [0.717, 1.165) is 23.2 Å². The molecule has 0 saturated carbocycles. The minimum Gasteiger partial charge on any atom is -0.497 e. The topological polar surface area (TPSA) is 74.2 Å². The molecule has 0 fully saturated rings. The van der Waals surface area contributed by atoms with Gasteiger partial charge >= 0.3 is 0 Å². The molecule has 5 nitrogen and oxygen atoms in total. The maximum atomic E-state index is 12.0. The summed E-state index contributed by atoms with van der Waals surface area (Å²) in [6, 6.07) is 17.0. The Morgan fingerprint density at radius 3 is 2.57 bits per heavy atom. The number of aldehydes is 1. The number of hydrogen-bond acceptors (Lipinski definition) is 3. The van der Waals surface area contributed by atoms with Gasteiger partial charge in [0, 0.05) is 13.5 Å². The highest BCUT2D eigenvalue weighted by molar-refractivity contribution is 5.83. The Kier molecular flexibility index (Phi) is 5.36. The van der Waals surface area contributed by atoms with E-state index in [9.17, 15) is 4.79 Å². The van der Waals surface area contributed by atoms with Gasteiger partial charge in [-0.2, -0.15) is 0 Å². The summed E-state index contributed by atoms with van der Waals surface area (Å²) in [7, 11) is 3.25. The van der Waals surface area contributed by atoms with E-state index in [1.807, 2.05) is 54.6 Å². The molecule has 2 aromatic carbocycles. The van der Waals surface area contributed by atoms with Crippen LogP contribution in [0.2, 0.25) is 0 Å². The van der Waals surface area contributed by atoms with E-state index in [2.05, 4.69) is 10.6 Å². The lowest BCUT2D eigenvalue weighted by Gasteiger charge is -2.31. The third kappa shape index (κ3) is 3.88. The molecule has 0 aliphatic heterocycles. The van der Waals surface area contributed by atoms with Crippen LogP contribution in [0.4, 0.5) is 0 Å². The van der Waals surface area contributed by atoms with Gasteiger partial charge in [-0.1, -0.05) is 42.5 Å². The van der Waals surface area contributed by atoms with Gasteiger partial charge < -0.3 is 20.2 Å². The van der Waals surface area contributed by atoms with Crippen LogP contribution < -0.4 is 15.4 Å². The molecule has 0 amide bonds. The number of hydrogen-bond donors (Lipinski definition) is 3. The van der Waals surface area contributed by atoms with Crippen LogP contribution in [0.15, 0.2) is 54.6 Å². The van der Waals surface area contributed by atoms with Gasteiger partial charge in [-0.25, -0.2) is 0 Å². The lowest BCUT2D eigenvalue weighted by Crippen LogP contribution is -2.52. The van der Waals surface area contributed by atoms with Crippen molar-refractivity contribution in [1.29, 1.82) is 5.41 Å². The Bertz CT molecular complexity index is 673. The molecule has 0 heterocycles. The zero-order chi connectivity index (χ0) is 16.7. The minimum atomic E-state index is -1.02.